The minimum absolute atomic E-state index is 0.179. The van der Waals surface area contributed by atoms with Crippen LogP contribution in [0.15, 0.2) is 30.3 Å². The first-order chi connectivity index (χ1) is 18.4. The van der Waals surface area contributed by atoms with E-state index in [1.807, 2.05) is 12.1 Å². The summed E-state index contributed by atoms with van der Waals surface area (Å²) in [5, 5.41) is 8.78. The molecule has 0 unspecified atom stereocenters. The molecular weight excluding hydrogens is 511 g/mol. The molecule has 0 atom stereocenters. The first-order valence-electron chi connectivity index (χ1n) is 13.7. The fraction of sp³-hybridized carbons (Fsp3) is 0.536. The van der Waals surface area contributed by atoms with Crippen LogP contribution in [0.5, 0.6) is 5.75 Å². The molecule has 4 aromatic rings. The molecule has 38 heavy (non-hydrogen) atoms. The average molecular weight is 546 g/mol. The second-order valence-electron chi connectivity index (χ2n) is 10.7. The summed E-state index contributed by atoms with van der Waals surface area (Å²) in [5.41, 5.74) is 3.77. The monoisotopic (exact) mass is 545 g/mol. The minimum atomic E-state index is -4.08. The first kappa shape index (κ1) is 25.7. The lowest BCUT2D eigenvalue weighted by atomic mass is 9.96. The van der Waals surface area contributed by atoms with Crippen molar-refractivity contribution in [3.63, 3.8) is 0 Å². The third-order valence-electron chi connectivity index (χ3n) is 7.90. The van der Waals surface area contributed by atoms with Gasteiger partial charge >= 0.3 is 6.18 Å². The van der Waals surface area contributed by atoms with Crippen LogP contribution in [0.25, 0.3) is 32.5 Å². The van der Waals surface area contributed by atoms with E-state index in [4.69, 9.17) is 4.74 Å². The number of alkyl halides is 3. The number of ether oxygens (including phenoxy) is 1. The predicted octanol–water partition coefficient (Wildman–Crippen LogP) is 6.80. The molecule has 10 heteroatoms. The van der Waals surface area contributed by atoms with Crippen LogP contribution in [0, 0.1) is 5.92 Å². The van der Waals surface area contributed by atoms with Crippen molar-refractivity contribution >= 4 is 32.5 Å². The molecule has 2 aliphatic heterocycles. The van der Waals surface area contributed by atoms with Crippen LogP contribution in [0.3, 0.4) is 0 Å². The number of hydrogen-bond acceptors (Lipinski definition) is 5. The predicted molar refractivity (Wildman–Crippen MR) is 146 cm³/mol. The molecule has 2 fully saturated rings. The zero-order valence-electron chi connectivity index (χ0n) is 21.4. The van der Waals surface area contributed by atoms with E-state index >= 15 is 0 Å². The molecule has 6 rings (SSSR count). The standard InChI is InChI=1S/C28H34F3N5OS/c29-28(30,31)20-7-12-36(13-8-20)18-22-17-25-27(38-22)26(34-33-25)24-15-19-5-6-21(16-23(19)32-24)37-14-4-11-35-9-2-1-3-10-35/h5-6,15-17,20,32H,1-4,7-14,18H2,(H,33,34). The zero-order valence-corrected chi connectivity index (χ0v) is 22.3. The van der Waals surface area contributed by atoms with Gasteiger partial charge in [0, 0.05) is 34.9 Å². The van der Waals surface area contributed by atoms with Gasteiger partial charge in [-0.2, -0.15) is 18.3 Å². The second kappa shape index (κ2) is 10.9. The number of thiophene rings is 1. The van der Waals surface area contributed by atoms with E-state index in [0.29, 0.717) is 26.2 Å². The van der Waals surface area contributed by atoms with Crippen molar-refractivity contribution in [1.82, 2.24) is 25.0 Å². The van der Waals surface area contributed by atoms with Gasteiger partial charge in [0.2, 0.25) is 0 Å². The van der Waals surface area contributed by atoms with Gasteiger partial charge in [0.25, 0.3) is 0 Å². The summed E-state index contributed by atoms with van der Waals surface area (Å²) >= 11 is 1.66. The van der Waals surface area contributed by atoms with Crippen molar-refractivity contribution in [3.05, 3.63) is 35.2 Å². The lowest BCUT2D eigenvalue weighted by molar-refractivity contribution is -0.185. The number of likely N-dealkylation sites (tertiary alicyclic amines) is 2. The summed E-state index contributed by atoms with van der Waals surface area (Å²) in [5.74, 6) is -0.301. The molecule has 2 saturated heterocycles. The highest BCUT2D eigenvalue weighted by Crippen LogP contribution is 2.37. The summed E-state index contributed by atoms with van der Waals surface area (Å²) in [6, 6.07) is 10.3. The van der Waals surface area contributed by atoms with Crippen LogP contribution < -0.4 is 4.74 Å². The Morgan fingerprint density at radius 2 is 1.79 bits per heavy atom. The molecule has 0 radical (unpaired) electrons. The number of hydrogen-bond donors (Lipinski definition) is 2. The zero-order chi connectivity index (χ0) is 26.1. The number of fused-ring (bicyclic) bond motifs is 2. The molecule has 2 aliphatic rings. The van der Waals surface area contributed by atoms with Gasteiger partial charge in [-0.05, 0) is 82.5 Å². The Hall–Kier alpha value is -2.56. The number of aromatic nitrogens is 3. The maximum Gasteiger partial charge on any atom is 0.391 e. The van der Waals surface area contributed by atoms with E-state index in [1.54, 1.807) is 11.3 Å². The number of nitrogens with zero attached hydrogens (tertiary/aromatic N) is 3. The van der Waals surface area contributed by atoms with E-state index in [0.717, 1.165) is 56.1 Å². The van der Waals surface area contributed by atoms with Crippen LogP contribution in [-0.4, -0.2) is 70.5 Å². The lowest BCUT2D eigenvalue weighted by Gasteiger charge is -2.32. The fourth-order valence-electron chi connectivity index (χ4n) is 5.75. The van der Waals surface area contributed by atoms with Gasteiger partial charge in [0.1, 0.15) is 11.4 Å². The molecule has 1 aromatic carbocycles. The maximum atomic E-state index is 13.0. The lowest BCUT2D eigenvalue weighted by Crippen LogP contribution is -2.38. The highest BCUT2D eigenvalue weighted by atomic mass is 32.1. The van der Waals surface area contributed by atoms with Gasteiger partial charge in [-0.15, -0.1) is 11.3 Å². The Bertz CT molecular complexity index is 1360. The summed E-state index contributed by atoms with van der Waals surface area (Å²) in [6.07, 6.45) is 1.29. The highest BCUT2D eigenvalue weighted by Gasteiger charge is 2.41. The van der Waals surface area contributed by atoms with Crippen molar-refractivity contribution in [2.75, 3.05) is 39.3 Å². The quantitative estimate of drug-likeness (QED) is 0.239. The summed E-state index contributed by atoms with van der Waals surface area (Å²) < 4.78 is 46.1. The summed E-state index contributed by atoms with van der Waals surface area (Å²) in [6.45, 7) is 5.86. The number of piperidine rings is 2. The van der Waals surface area contributed by atoms with E-state index < -0.39 is 12.1 Å². The third kappa shape index (κ3) is 5.72. The van der Waals surface area contributed by atoms with Crippen molar-refractivity contribution in [1.29, 1.82) is 0 Å². The Balaban J connectivity index is 1.09. The molecule has 6 nitrogen and oxygen atoms in total. The number of aromatic amines is 2. The number of H-pyrrole nitrogens is 2. The van der Waals surface area contributed by atoms with Crippen LogP contribution in [-0.2, 0) is 6.54 Å². The van der Waals surface area contributed by atoms with Crippen LogP contribution in [0.1, 0.15) is 43.4 Å². The SMILES string of the molecule is FC(F)(F)C1CCN(Cc2cc3[nH]nc(-c4cc5ccc(OCCCN6CCCCC6)cc5[nH]4)c3s2)CC1. The highest BCUT2D eigenvalue weighted by molar-refractivity contribution is 7.19. The molecular formula is C28H34F3N5OS. The van der Waals surface area contributed by atoms with Crippen molar-refractivity contribution in [2.24, 2.45) is 5.92 Å². The maximum absolute atomic E-state index is 13.0. The molecule has 3 aromatic heterocycles. The van der Waals surface area contributed by atoms with E-state index in [2.05, 4.69) is 43.2 Å². The normalized spacial score (nSPS) is 18.6. The van der Waals surface area contributed by atoms with E-state index in [1.165, 1.54) is 32.4 Å². The van der Waals surface area contributed by atoms with Gasteiger partial charge < -0.3 is 14.6 Å². The van der Waals surface area contributed by atoms with E-state index in [-0.39, 0.29) is 12.8 Å². The number of halogens is 3. The minimum Gasteiger partial charge on any atom is -0.493 e. The molecule has 5 heterocycles. The summed E-state index contributed by atoms with van der Waals surface area (Å²) in [4.78, 5) is 9.29. The van der Waals surface area contributed by atoms with Gasteiger partial charge in [-0.3, -0.25) is 10.00 Å². The fourth-order valence-corrected chi connectivity index (χ4v) is 6.90. The largest absolute Gasteiger partial charge is 0.493 e. The smallest absolute Gasteiger partial charge is 0.391 e. The Morgan fingerprint density at radius 3 is 2.58 bits per heavy atom. The molecule has 0 bridgehead atoms. The van der Waals surface area contributed by atoms with Crippen molar-refractivity contribution in [3.8, 4) is 17.1 Å². The molecule has 204 valence electrons. The topological polar surface area (TPSA) is 60.2 Å². The third-order valence-corrected chi connectivity index (χ3v) is 9.03. The Labute approximate surface area is 224 Å². The van der Waals surface area contributed by atoms with Crippen molar-refractivity contribution < 1.29 is 17.9 Å². The van der Waals surface area contributed by atoms with Gasteiger partial charge in [0.05, 0.1) is 28.4 Å². The van der Waals surface area contributed by atoms with Gasteiger partial charge in [-0.1, -0.05) is 6.42 Å². The van der Waals surface area contributed by atoms with Crippen LogP contribution in [0.4, 0.5) is 13.2 Å². The number of rotatable bonds is 8. The second-order valence-corrected chi connectivity index (χ2v) is 11.8. The molecule has 0 aliphatic carbocycles. The van der Waals surface area contributed by atoms with Gasteiger partial charge in [-0.25, -0.2) is 0 Å². The number of benzene rings is 1. The average Bonchev–Trinajstić information content (AvgIpc) is 3.61. The molecule has 0 spiro atoms. The summed E-state index contributed by atoms with van der Waals surface area (Å²) in [7, 11) is 0. The molecule has 0 amide bonds. The molecule has 2 N–H and O–H groups in total. The Kier molecular flexibility index (Phi) is 7.37. The van der Waals surface area contributed by atoms with E-state index in [9.17, 15) is 13.2 Å². The van der Waals surface area contributed by atoms with Crippen molar-refractivity contribution in [2.45, 2.75) is 51.2 Å². The van der Waals surface area contributed by atoms with Gasteiger partial charge in [0.15, 0.2) is 0 Å². The molecule has 0 saturated carbocycles. The number of nitrogens with one attached hydrogen (secondary N) is 2. The van der Waals surface area contributed by atoms with Crippen LogP contribution >= 0.6 is 11.3 Å². The first-order valence-corrected chi connectivity index (χ1v) is 14.5. The Morgan fingerprint density at radius 1 is 0.974 bits per heavy atom. The van der Waals surface area contributed by atoms with Crippen LogP contribution in [0.2, 0.25) is 0 Å².